The quantitative estimate of drug-likeness (QED) is 0.414. The molecule has 0 fully saturated rings. The van der Waals surface area contributed by atoms with Gasteiger partial charge in [-0.2, -0.15) is 0 Å². The van der Waals surface area contributed by atoms with Crippen molar-refractivity contribution in [2.45, 2.75) is 66.3 Å². The largest absolute Gasteiger partial charge is 0.380 e. The van der Waals surface area contributed by atoms with Crippen LogP contribution < -0.4 is 0 Å². The van der Waals surface area contributed by atoms with E-state index in [1.54, 1.807) is 13.8 Å². The first-order valence-electron chi connectivity index (χ1n) is 8.76. The van der Waals surface area contributed by atoms with E-state index in [1.165, 1.54) is 0 Å². The lowest BCUT2D eigenvalue weighted by Gasteiger charge is -2.26. The van der Waals surface area contributed by atoms with E-state index < -0.39 is 24.8 Å². The Morgan fingerprint density at radius 1 is 0.625 bits per heavy atom. The highest BCUT2D eigenvalue weighted by Gasteiger charge is 2.26. The summed E-state index contributed by atoms with van der Waals surface area (Å²) < 4.78 is 21.9. The molecule has 24 heavy (non-hydrogen) atoms. The lowest BCUT2D eigenvalue weighted by atomic mass is 10.0. The maximum atomic E-state index is 10.2. The fourth-order valence-corrected chi connectivity index (χ4v) is 2.09. The van der Waals surface area contributed by atoms with Gasteiger partial charge < -0.3 is 29.2 Å². The molecule has 0 rings (SSSR count). The smallest absolute Gasteiger partial charge is 0.163 e. The van der Waals surface area contributed by atoms with Gasteiger partial charge in [0.2, 0.25) is 0 Å². The minimum Gasteiger partial charge on any atom is -0.380 e. The molecule has 0 heterocycles. The second-order valence-corrected chi connectivity index (χ2v) is 5.45. The van der Waals surface area contributed by atoms with Crippen LogP contribution >= 0.6 is 0 Å². The van der Waals surface area contributed by atoms with Gasteiger partial charge in [0.25, 0.3) is 0 Å². The first-order valence-corrected chi connectivity index (χ1v) is 8.76. The third-order valence-corrected chi connectivity index (χ3v) is 3.56. The molecule has 0 amide bonds. The first kappa shape index (κ1) is 23.3. The Morgan fingerprint density at radius 2 is 0.875 bits per heavy atom. The Morgan fingerprint density at radius 3 is 1.08 bits per heavy atom. The summed E-state index contributed by atoms with van der Waals surface area (Å²) in [6.07, 6.45) is -2.99. The number of hydrogen-bond donors (Lipinski definition) is 2. The van der Waals surface area contributed by atoms with Crippen LogP contribution in [0.25, 0.3) is 0 Å². The third-order valence-electron chi connectivity index (χ3n) is 3.56. The molecule has 4 atom stereocenters. The SMILES string of the molecule is CCOC(OCC)C(C)C(O)C#CC(O)C(C)C(OCC)OCC. The van der Waals surface area contributed by atoms with Crippen LogP contribution in [0.3, 0.4) is 0 Å². The zero-order chi connectivity index (χ0) is 18.5. The highest BCUT2D eigenvalue weighted by Crippen LogP contribution is 2.16. The average molecular weight is 346 g/mol. The summed E-state index contributed by atoms with van der Waals surface area (Å²) in [5, 5.41) is 20.4. The van der Waals surface area contributed by atoms with Crippen LogP contribution in [0.5, 0.6) is 0 Å². The summed E-state index contributed by atoms with van der Waals surface area (Å²) in [6, 6.07) is 0. The van der Waals surface area contributed by atoms with Crippen LogP contribution in [-0.2, 0) is 18.9 Å². The van der Waals surface area contributed by atoms with Gasteiger partial charge in [-0.25, -0.2) is 0 Å². The van der Waals surface area contributed by atoms with Crippen molar-refractivity contribution in [1.29, 1.82) is 0 Å². The molecule has 0 saturated heterocycles. The maximum absolute atomic E-state index is 10.2. The molecule has 142 valence electrons. The van der Waals surface area contributed by atoms with Crippen LogP contribution in [0.15, 0.2) is 0 Å². The van der Waals surface area contributed by atoms with E-state index >= 15 is 0 Å². The van der Waals surface area contributed by atoms with Crippen LogP contribution in [0.4, 0.5) is 0 Å². The van der Waals surface area contributed by atoms with E-state index in [0.717, 1.165) is 0 Å². The summed E-state index contributed by atoms with van der Waals surface area (Å²) in [5.41, 5.74) is 0. The maximum Gasteiger partial charge on any atom is 0.163 e. The minimum absolute atomic E-state index is 0.338. The Kier molecular flexibility index (Phi) is 13.2. The lowest BCUT2D eigenvalue weighted by molar-refractivity contribution is -0.177. The highest BCUT2D eigenvalue weighted by atomic mass is 16.7. The van der Waals surface area contributed by atoms with Gasteiger partial charge in [-0.05, 0) is 27.7 Å². The van der Waals surface area contributed by atoms with Gasteiger partial charge in [-0.3, -0.25) is 0 Å². The number of aliphatic hydroxyl groups is 2. The minimum atomic E-state index is -0.965. The zero-order valence-corrected chi connectivity index (χ0v) is 15.8. The zero-order valence-electron chi connectivity index (χ0n) is 15.8. The van der Waals surface area contributed by atoms with Crippen molar-refractivity contribution in [2.75, 3.05) is 26.4 Å². The van der Waals surface area contributed by atoms with E-state index in [2.05, 4.69) is 11.8 Å². The topological polar surface area (TPSA) is 77.4 Å². The van der Waals surface area contributed by atoms with Gasteiger partial charge >= 0.3 is 0 Å². The molecule has 0 aromatic carbocycles. The fraction of sp³-hybridized carbons (Fsp3) is 0.889. The number of hydrogen-bond acceptors (Lipinski definition) is 6. The van der Waals surface area contributed by atoms with Gasteiger partial charge in [0.05, 0.1) is 0 Å². The van der Waals surface area contributed by atoms with Gasteiger partial charge in [-0.15, -0.1) is 0 Å². The van der Waals surface area contributed by atoms with Crippen LogP contribution in [-0.4, -0.2) is 61.4 Å². The Hall–Kier alpha value is -0.680. The molecule has 0 radical (unpaired) electrons. The molecule has 2 N–H and O–H groups in total. The summed E-state index contributed by atoms with van der Waals surface area (Å²) in [5.74, 6) is 4.69. The molecule has 6 heteroatoms. The second kappa shape index (κ2) is 13.6. The number of aliphatic hydroxyl groups excluding tert-OH is 2. The first-order chi connectivity index (χ1) is 11.4. The molecule has 4 unspecified atom stereocenters. The molecule has 0 aliphatic rings. The summed E-state index contributed by atoms with van der Waals surface area (Å²) >= 11 is 0. The van der Waals surface area contributed by atoms with Crippen LogP contribution in [0.1, 0.15) is 41.5 Å². The van der Waals surface area contributed by atoms with E-state index in [-0.39, 0.29) is 11.8 Å². The lowest BCUT2D eigenvalue weighted by Crippen LogP contribution is -2.35. The van der Waals surface area contributed by atoms with Gasteiger partial charge in [0, 0.05) is 38.3 Å². The van der Waals surface area contributed by atoms with Crippen molar-refractivity contribution < 1.29 is 29.2 Å². The predicted molar refractivity (Wildman–Crippen MR) is 92.2 cm³/mol. The predicted octanol–water partition coefficient (Wildman–Crippen LogP) is 1.78. The van der Waals surface area contributed by atoms with Crippen molar-refractivity contribution >= 4 is 0 Å². The molecule has 0 aromatic rings. The monoisotopic (exact) mass is 346 g/mol. The average Bonchev–Trinajstić information content (AvgIpc) is 2.57. The van der Waals surface area contributed by atoms with Crippen molar-refractivity contribution in [3.05, 3.63) is 0 Å². The van der Waals surface area contributed by atoms with Crippen molar-refractivity contribution in [3.63, 3.8) is 0 Å². The van der Waals surface area contributed by atoms with Gasteiger partial charge in [-0.1, -0.05) is 25.7 Å². The second-order valence-electron chi connectivity index (χ2n) is 5.45. The van der Waals surface area contributed by atoms with Crippen molar-refractivity contribution in [1.82, 2.24) is 0 Å². The number of rotatable bonds is 12. The molecule has 0 aliphatic carbocycles. The molecular weight excluding hydrogens is 312 g/mol. The highest BCUT2D eigenvalue weighted by molar-refractivity contribution is 5.11. The van der Waals surface area contributed by atoms with E-state index in [9.17, 15) is 10.2 Å². The molecule has 0 aliphatic heterocycles. The molecule has 0 saturated carbocycles. The molecular formula is C18H34O6. The molecule has 0 bridgehead atoms. The standard InChI is InChI=1S/C18H34O6/c1-7-21-17(22-8-2)13(5)15(19)11-12-16(20)14(6)18(23-9-3)24-10-4/h13-20H,7-10H2,1-6H3. The Balaban J connectivity index is 4.79. The fourth-order valence-electron chi connectivity index (χ4n) is 2.09. The Bertz CT molecular complexity index is 320. The van der Waals surface area contributed by atoms with Gasteiger partial charge in [0.1, 0.15) is 12.2 Å². The van der Waals surface area contributed by atoms with Crippen molar-refractivity contribution in [2.24, 2.45) is 11.8 Å². The normalized spacial score (nSPS) is 16.6. The molecule has 6 nitrogen and oxygen atoms in total. The Labute approximate surface area is 146 Å². The van der Waals surface area contributed by atoms with E-state index in [1.807, 2.05) is 27.7 Å². The van der Waals surface area contributed by atoms with E-state index in [4.69, 9.17) is 18.9 Å². The number of ether oxygens (including phenoxy) is 4. The molecule has 0 aromatic heterocycles. The third kappa shape index (κ3) is 8.43. The summed E-state index contributed by atoms with van der Waals surface area (Å²) in [4.78, 5) is 0. The molecule has 0 spiro atoms. The van der Waals surface area contributed by atoms with Crippen molar-refractivity contribution in [3.8, 4) is 11.8 Å². The van der Waals surface area contributed by atoms with Crippen LogP contribution in [0.2, 0.25) is 0 Å². The summed E-state index contributed by atoms with van der Waals surface area (Å²) in [6.45, 7) is 13.0. The van der Waals surface area contributed by atoms with Crippen LogP contribution in [0, 0.1) is 23.7 Å². The summed E-state index contributed by atoms with van der Waals surface area (Å²) in [7, 11) is 0. The van der Waals surface area contributed by atoms with E-state index in [0.29, 0.717) is 26.4 Å². The van der Waals surface area contributed by atoms with Gasteiger partial charge in [0.15, 0.2) is 12.6 Å².